The maximum Gasteiger partial charge on any atom is 0.311 e. The number of carbonyl (C=O) groups excluding carboxylic acids is 2. The van der Waals surface area contributed by atoms with Gasteiger partial charge in [0.15, 0.2) is 0 Å². The lowest BCUT2D eigenvalue weighted by Gasteiger charge is -2.21. The molecule has 0 saturated heterocycles. The zero-order valence-electron chi connectivity index (χ0n) is 14.6. The van der Waals surface area contributed by atoms with Gasteiger partial charge in [-0.1, -0.05) is 13.8 Å². The summed E-state index contributed by atoms with van der Waals surface area (Å²) in [6, 6.07) is 0. The Hall–Kier alpha value is -1.10. The predicted octanol–water partition coefficient (Wildman–Crippen LogP) is 3.04. The van der Waals surface area contributed by atoms with Crippen LogP contribution in [0.4, 0.5) is 0 Å². The van der Waals surface area contributed by atoms with Gasteiger partial charge in [-0.15, -0.1) is 0 Å². The summed E-state index contributed by atoms with van der Waals surface area (Å²) in [6.45, 7) is 10.0. The molecule has 5 nitrogen and oxygen atoms in total. The van der Waals surface area contributed by atoms with E-state index in [2.05, 4.69) is 6.92 Å². The number of hydrogen-bond acceptors (Lipinski definition) is 4. The number of rotatable bonds is 8. The van der Waals surface area contributed by atoms with Crippen LogP contribution in [0.2, 0.25) is 0 Å². The van der Waals surface area contributed by atoms with E-state index in [4.69, 9.17) is 9.57 Å². The molecule has 2 unspecified atom stereocenters. The summed E-state index contributed by atoms with van der Waals surface area (Å²) in [5.74, 6) is 0.161. The number of carbonyl (C=O) groups is 2. The molecule has 0 radical (unpaired) electrons. The minimum atomic E-state index is -0.447. The van der Waals surface area contributed by atoms with Gasteiger partial charge in [0.2, 0.25) is 5.91 Å². The fourth-order valence-corrected chi connectivity index (χ4v) is 2.04. The van der Waals surface area contributed by atoms with E-state index in [0.29, 0.717) is 12.5 Å². The molecule has 0 aliphatic heterocycles. The normalized spacial score (nSPS) is 14.4. The Morgan fingerprint density at radius 1 is 1.19 bits per heavy atom. The lowest BCUT2D eigenvalue weighted by Crippen LogP contribution is -2.31. The predicted molar refractivity (Wildman–Crippen MR) is 82.4 cm³/mol. The van der Waals surface area contributed by atoms with Crippen LogP contribution in [0, 0.1) is 17.3 Å². The van der Waals surface area contributed by atoms with Crippen molar-refractivity contribution < 1.29 is 19.2 Å². The number of nitrogens with zero attached hydrogens (tertiary/aromatic N) is 1. The van der Waals surface area contributed by atoms with Crippen molar-refractivity contribution in [2.45, 2.75) is 53.9 Å². The first-order valence-corrected chi connectivity index (χ1v) is 7.58. The molecular weight excluding hydrogens is 270 g/mol. The van der Waals surface area contributed by atoms with E-state index in [9.17, 15) is 9.59 Å². The van der Waals surface area contributed by atoms with Crippen LogP contribution in [-0.2, 0) is 19.2 Å². The van der Waals surface area contributed by atoms with Gasteiger partial charge in [-0.3, -0.25) is 14.4 Å². The van der Waals surface area contributed by atoms with Crippen molar-refractivity contribution in [2.24, 2.45) is 17.3 Å². The first-order valence-electron chi connectivity index (χ1n) is 7.58. The molecule has 0 N–H and O–H groups in total. The first-order chi connectivity index (χ1) is 9.59. The smallest absolute Gasteiger partial charge is 0.311 e. The van der Waals surface area contributed by atoms with Gasteiger partial charge in [0, 0.05) is 13.0 Å². The summed E-state index contributed by atoms with van der Waals surface area (Å²) in [5.41, 5.74) is -0.447. The van der Waals surface area contributed by atoms with Gasteiger partial charge in [0.05, 0.1) is 19.1 Å². The minimum absolute atomic E-state index is 0.0106. The average molecular weight is 301 g/mol. The highest BCUT2D eigenvalue weighted by molar-refractivity contribution is 5.77. The Labute approximate surface area is 128 Å². The number of esters is 1. The Morgan fingerprint density at radius 2 is 1.76 bits per heavy atom. The molecule has 0 spiro atoms. The Morgan fingerprint density at radius 3 is 2.24 bits per heavy atom. The van der Waals surface area contributed by atoms with Crippen LogP contribution < -0.4 is 0 Å². The van der Waals surface area contributed by atoms with Crippen molar-refractivity contribution in [2.75, 3.05) is 20.8 Å². The summed E-state index contributed by atoms with van der Waals surface area (Å²) in [7, 11) is 3.10. The van der Waals surface area contributed by atoms with E-state index in [-0.39, 0.29) is 17.8 Å². The van der Waals surface area contributed by atoms with Crippen molar-refractivity contribution >= 4 is 11.9 Å². The maximum absolute atomic E-state index is 11.9. The lowest BCUT2D eigenvalue weighted by atomic mass is 9.93. The van der Waals surface area contributed by atoms with Crippen molar-refractivity contribution in [3.05, 3.63) is 0 Å². The molecule has 0 aromatic heterocycles. The molecule has 0 aromatic carbocycles. The number of hydrogen-bond donors (Lipinski definition) is 0. The van der Waals surface area contributed by atoms with E-state index < -0.39 is 5.41 Å². The minimum Gasteiger partial charge on any atom is -0.465 e. The average Bonchev–Trinajstić information content (AvgIpc) is 2.40. The molecule has 0 heterocycles. The Bertz CT molecular complexity index is 336. The van der Waals surface area contributed by atoms with Crippen LogP contribution in [0.3, 0.4) is 0 Å². The first kappa shape index (κ1) is 19.9. The molecule has 0 aliphatic rings. The van der Waals surface area contributed by atoms with Gasteiger partial charge in [0.25, 0.3) is 0 Å². The third-order valence-electron chi connectivity index (χ3n) is 3.45. The van der Waals surface area contributed by atoms with E-state index in [1.807, 2.05) is 27.7 Å². The van der Waals surface area contributed by atoms with E-state index in [1.165, 1.54) is 12.2 Å². The molecule has 0 fully saturated rings. The van der Waals surface area contributed by atoms with Crippen LogP contribution in [0.15, 0.2) is 0 Å². The van der Waals surface area contributed by atoms with Crippen LogP contribution in [0.25, 0.3) is 0 Å². The van der Waals surface area contributed by atoms with Gasteiger partial charge in [-0.25, -0.2) is 5.06 Å². The molecule has 2 atom stereocenters. The van der Waals surface area contributed by atoms with Crippen LogP contribution in [0.1, 0.15) is 53.9 Å². The van der Waals surface area contributed by atoms with Gasteiger partial charge >= 0.3 is 5.97 Å². The summed E-state index contributed by atoms with van der Waals surface area (Å²) in [4.78, 5) is 28.4. The highest BCUT2D eigenvalue weighted by Crippen LogP contribution is 2.19. The SMILES string of the molecule is CON(C)C(=O)C(C)CC(C)CCCOC(=O)C(C)(C)C. The van der Waals surface area contributed by atoms with Crippen molar-refractivity contribution in [3.8, 4) is 0 Å². The number of amides is 1. The summed E-state index contributed by atoms with van der Waals surface area (Å²) >= 11 is 0. The second kappa shape index (κ2) is 9.03. The molecule has 1 amide bonds. The monoisotopic (exact) mass is 301 g/mol. The summed E-state index contributed by atoms with van der Waals surface area (Å²) in [6.07, 6.45) is 2.56. The third kappa shape index (κ3) is 8.05. The highest BCUT2D eigenvalue weighted by Gasteiger charge is 2.23. The Balaban J connectivity index is 3.93. The van der Waals surface area contributed by atoms with E-state index in [1.54, 1.807) is 7.05 Å². The lowest BCUT2D eigenvalue weighted by molar-refractivity contribution is -0.173. The van der Waals surface area contributed by atoms with Crippen molar-refractivity contribution in [1.29, 1.82) is 0 Å². The van der Waals surface area contributed by atoms with Crippen molar-refractivity contribution in [1.82, 2.24) is 5.06 Å². The number of hydroxylamine groups is 2. The van der Waals surface area contributed by atoms with Crippen molar-refractivity contribution in [3.63, 3.8) is 0 Å². The molecule has 0 rings (SSSR count). The molecule has 0 bridgehead atoms. The topological polar surface area (TPSA) is 55.8 Å². The summed E-state index contributed by atoms with van der Waals surface area (Å²) < 4.78 is 5.23. The standard InChI is InChI=1S/C16H31NO4/c1-12(11-13(2)14(18)17(6)20-7)9-8-10-21-15(19)16(3,4)5/h12-13H,8-11H2,1-7H3. The molecule has 124 valence electrons. The third-order valence-corrected chi connectivity index (χ3v) is 3.45. The summed E-state index contributed by atoms with van der Waals surface area (Å²) in [5, 5.41) is 1.27. The molecule has 21 heavy (non-hydrogen) atoms. The molecule has 0 aromatic rings. The quantitative estimate of drug-likeness (QED) is 0.393. The zero-order valence-corrected chi connectivity index (χ0v) is 14.6. The molecular formula is C16H31NO4. The fraction of sp³-hybridized carbons (Fsp3) is 0.875. The van der Waals surface area contributed by atoms with Gasteiger partial charge < -0.3 is 4.74 Å². The van der Waals surface area contributed by atoms with Gasteiger partial charge in [-0.05, 0) is 46.0 Å². The zero-order chi connectivity index (χ0) is 16.6. The highest BCUT2D eigenvalue weighted by atomic mass is 16.7. The van der Waals surface area contributed by atoms with Crippen LogP contribution in [0.5, 0.6) is 0 Å². The van der Waals surface area contributed by atoms with Crippen LogP contribution >= 0.6 is 0 Å². The fourth-order valence-electron chi connectivity index (χ4n) is 2.04. The second-order valence-corrected chi connectivity index (χ2v) is 6.79. The maximum atomic E-state index is 11.9. The Kier molecular flexibility index (Phi) is 8.55. The van der Waals surface area contributed by atoms with Crippen LogP contribution in [-0.4, -0.2) is 37.7 Å². The van der Waals surface area contributed by atoms with E-state index >= 15 is 0 Å². The largest absolute Gasteiger partial charge is 0.465 e. The molecule has 5 heteroatoms. The van der Waals surface area contributed by atoms with Gasteiger partial charge in [-0.2, -0.15) is 0 Å². The van der Waals surface area contributed by atoms with E-state index in [0.717, 1.165) is 19.3 Å². The number of ether oxygens (including phenoxy) is 1. The molecule has 0 saturated carbocycles. The second-order valence-electron chi connectivity index (χ2n) is 6.79. The van der Waals surface area contributed by atoms with Gasteiger partial charge in [0.1, 0.15) is 0 Å². The molecule has 0 aliphatic carbocycles.